The van der Waals surface area contributed by atoms with Gasteiger partial charge in [-0.15, -0.1) is 21.5 Å². The maximum Gasteiger partial charge on any atom is 0.250 e. The minimum absolute atomic E-state index is 0.0835. The molecule has 11 nitrogen and oxygen atoms in total. The fourth-order valence-corrected chi connectivity index (χ4v) is 11.6. The Morgan fingerprint density at radius 1 is 1.10 bits per heavy atom. The van der Waals surface area contributed by atoms with Gasteiger partial charge in [0.25, 0.3) is 0 Å². The lowest BCUT2D eigenvalue weighted by Gasteiger charge is -2.22. The van der Waals surface area contributed by atoms with Crippen molar-refractivity contribution in [1.82, 2.24) is 24.5 Å². The molecule has 254 valence electrons. The number of nitrogens with one attached hydrogen (secondary N) is 1. The Balaban J connectivity index is 1.21. The van der Waals surface area contributed by atoms with Crippen molar-refractivity contribution < 1.29 is 22.3 Å². The van der Waals surface area contributed by atoms with Crippen molar-refractivity contribution in [2.75, 3.05) is 32.2 Å². The number of thiophene rings is 1. The summed E-state index contributed by atoms with van der Waals surface area (Å²) in [6.07, 6.45) is 8.86. The van der Waals surface area contributed by atoms with Crippen LogP contribution in [0.4, 0.5) is 5.82 Å². The van der Waals surface area contributed by atoms with Crippen molar-refractivity contribution in [3.05, 3.63) is 64.9 Å². The van der Waals surface area contributed by atoms with Gasteiger partial charge in [-0.25, -0.2) is 13.4 Å². The van der Waals surface area contributed by atoms with E-state index < -0.39 is 10.0 Å². The van der Waals surface area contributed by atoms with Crippen molar-refractivity contribution in [2.45, 2.75) is 75.3 Å². The van der Waals surface area contributed by atoms with Crippen LogP contribution < -0.4 is 10.1 Å². The zero-order valence-corrected chi connectivity index (χ0v) is 29.2. The van der Waals surface area contributed by atoms with Gasteiger partial charge in [-0.3, -0.25) is 4.98 Å². The molecule has 9 rings (SSSR count). The second-order valence-corrected chi connectivity index (χ2v) is 16.3. The Labute approximate surface area is 289 Å². The third-order valence-electron chi connectivity index (χ3n) is 10.6. The number of sulfonamides is 1. The third-order valence-corrected chi connectivity index (χ3v) is 13.8. The van der Waals surface area contributed by atoms with Crippen LogP contribution in [0, 0.1) is 12.8 Å². The number of ether oxygens (including phenoxy) is 2. The third kappa shape index (κ3) is 5.16. The molecule has 5 aromatic rings. The molecule has 7 heterocycles. The number of rotatable bonds is 8. The molecule has 2 fully saturated rings. The first kappa shape index (κ1) is 31.1. The van der Waals surface area contributed by atoms with E-state index in [0.29, 0.717) is 47.5 Å². The number of anilines is 1. The molecule has 0 saturated carbocycles. The van der Waals surface area contributed by atoms with Crippen molar-refractivity contribution in [1.29, 1.82) is 0 Å². The number of hydrogen-bond acceptors (Lipinski definition) is 11. The molecule has 4 aliphatic rings. The summed E-state index contributed by atoms with van der Waals surface area (Å²) < 4.78 is 48.8. The van der Waals surface area contributed by atoms with E-state index in [0.717, 1.165) is 90.4 Å². The molecule has 0 unspecified atom stereocenters. The average Bonchev–Trinajstić information content (AvgIpc) is 3.95. The maximum atomic E-state index is 14.4. The second kappa shape index (κ2) is 12.1. The molecule has 4 aromatic heterocycles. The molecule has 13 heteroatoms. The van der Waals surface area contributed by atoms with Gasteiger partial charge < -0.3 is 19.2 Å². The van der Waals surface area contributed by atoms with Gasteiger partial charge in [-0.2, -0.15) is 4.31 Å². The number of methoxy groups -OCH3 is 1. The molecule has 1 N–H and O–H groups in total. The van der Waals surface area contributed by atoms with Crippen LogP contribution in [-0.4, -0.2) is 59.8 Å². The normalized spacial score (nSPS) is 21.6. The molecule has 1 aliphatic carbocycles. The highest BCUT2D eigenvalue weighted by molar-refractivity contribution is 7.89. The highest BCUT2D eigenvalue weighted by Gasteiger charge is 2.49. The number of aryl methyl sites for hydroxylation is 2. The van der Waals surface area contributed by atoms with E-state index in [-0.39, 0.29) is 17.0 Å². The highest BCUT2D eigenvalue weighted by Crippen LogP contribution is 2.53. The number of fused-ring (bicyclic) bond motifs is 5. The van der Waals surface area contributed by atoms with E-state index in [1.54, 1.807) is 29.7 Å². The van der Waals surface area contributed by atoms with E-state index in [9.17, 15) is 8.42 Å². The molecule has 2 saturated heterocycles. The van der Waals surface area contributed by atoms with Crippen LogP contribution in [0.5, 0.6) is 5.75 Å². The molecular weight excluding hydrogens is 661 g/mol. The fourth-order valence-electron chi connectivity index (χ4n) is 8.28. The zero-order chi connectivity index (χ0) is 33.3. The lowest BCUT2D eigenvalue weighted by atomic mass is 9.91. The van der Waals surface area contributed by atoms with Gasteiger partial charge in [-0.1, -0.05) is 12.1 Å². The van der Waals surface area contributed by atoms with Crippen molar-refractivity contribution in [3.63, 3.8) is 0 Å². The quantitative estimate of drug-likeness (QED) is 0.180. The van der Waals surface area contributed by atoms with Gasteiger partial charge in [-0.05, 0) is 92.0 Å². The topological polar surface area (TPSA) is 133 Å². The Kier molecular flexibility index (Phi) is 7.71. The van der Waals surface area contributed by atoms with Crippen LogP contribution in [0.15, 0.2) is 45.8 Å². The van der Waals surface area contributed by atoms with Crippen LogP contribution in [-0.2, 0) is 27.6 Å². The van der Waals surface area contributed by atoms with Gasteiger partial charge in [0.2, 0.25) is 21.8 Å². The Hall–Kier alpha value is -3.91. The standard InChI is InChI=1S/C36H38N6O5S2/c1-20-40-41-36(47-20)30-26(10-8-21-13-17-46-18-14-21)38-32-27-6-4-16-42(27)49(43,44)34(32)31(30)29-19-22-12-15-37-35(33(22)48-29)39-25-11-9-24-23(25)5-3-7-28(24)45-2/h3,5,7,12,15,19,21,25,27H,4,6,8-11,13-14,16-18H2,1-2H3,(H,37,39)/t25-,27+/m0/s1. The first-order valence-corrected chi connectivity index (χ1v) is 19.4. The predicted octanol–water partition coefficient (Wildman–Crippen LogP) is 7.02. The van der Waals surface area contributed by atoms with Gasteiger partial charge in [0, 0.05) is 43.3 Å². The summed E-state index contributed by atoms with van der Waals surface area (Å²) in [5.41, 5.74) is 5.16. The Morgan fingerprint density at radius 2 is 1.98 bits per heavy atom. The number of hydrogen-bond donors (Lipinski definition) is 1. The molecule has 3 aliphatic heterocycles. The molecular formula is C36H38N6O5S2. The molecule has 0 amide bonds. The van der Waals surface area contributed by atoms with E-state index >= 15 is 0 Å². The van der Waals surface area contributed by atoms with Crippen LogP contribution in [0.3, 0.4) is 0 Å². The average molecular weight is 699 g/mol. The summed E-state index contributed by atoms with van der Waals surface area (Å²) in [5.74, 6) is 2.92. The van der Waals surface area contributed by atoms with E-state index in [1.165, 1.54) is 11.1 Å². The first-order valence-electron chi connectivity index (χ1n) is 17.2. The van der Waals surface area contributed by atoms with Gasteiger partial charge in [0.15, 0.2) is 0 Å². The zero-order valence-electron chi connectivity index (χ0n) is 27.6. The lowest BCUT2D eigenvalue weighted by Crippen LogP contribution is -2.23. The molecule has 49 heavy (non-hydrogen) atoms. The van der Waals surface area contributed by atoms with Gasteiger partial charge >= 0.3 is 0 Å². The van der Waals surface area contributed by atoms with Crippen molar-refractivity contribution in [2.24, 2.45) is 5.92 Å². The van der Waals surface area contributed by atoms with Gasteiger partial charge in [0.1, 0.15) is 16.5 Å². The summed E-state index contributed by atoms with van der Waals surface area (Å²) in [6.45, 7) is 3.79. The molecule has 1 aromatic carbocycles. The summed E-state index contributed by atoms with van der Waals surface area (Å²) in [5, 5.41) is 13.4. The first-order chi connectivity index (χ1) is 23.9. The van der Waals surface area contributed by atoms with Crippen LogP contribution in [0.2, 0.25) is 0 Å². The van der Waals surface area contributed by atoms with Crippen LogP contribution >= 0.6 is 11.3 Å². The monoisotopic (exact) mass is 698 g/mol. The van der Waals surface area contributed by atoms with Crippen molar-refractivity contribution in [3.8, 4) is 27.6 Å². The predicted molar refractivity (Wildman–Crippen MR) is 186 cm³/mol. The largest absolute Gasteiger partial charge is 0.496 e. The van der Waals surface area contributed by atoms with E-state index in [1.807, 2.05) is 24.4 Å². The summed E-state index contributed by atoms with van der Waals surface area (Å²) >= 11 is 1.55. The van der Waals surface area contributed by atoms with E-state index in [4.69, 9.17) is 23.9 Å². The fraction of sp³-hybridized carbons (Fsp3) is 0.444. The van der Waals surface area contributed by atoms with E-state index in [2.05, 4.69) is 27.6 Å². The highest BCUT2D eigenvalue weighted by atomic mass is 32.2. The SMILES string of the molecule is COc1cccc2c1CC[C@@H]2Nc1nccc2cc(-c3c(-c4nnc(C)o4)c(CCC4CCOCC4)nc4c3S(=O)(=O)N3CCC[C@H]43)sc12. The summed E-state index contributed by atoms with van der Waals surface area (Å²) in [4.78, 5) is 11.1. The minimum atomic E-state index is -3.82. The Morgan fingerprint density at radius 3 is 2.80 bits per heavy atom. The summed E-state index contributed by atoms with van der Waals surface area (Å²) in [7, 11) is -2.10. The van der Waals surface area contributed by atoms with Gasteiger partial charge in [0.05, 0.1) is 40.8 Å². The Bertz CT molecular complexity index is 2190. The van der Waals surface area contributed by atoms with Crippen LogP contribution in [0.25, 0.3) is 32.0 Å². The number of nitrogens with zero attached hydrogens (tertiary/aromatic N) is 5. The lowest BCUT2D eigenvalue weighted by molar-refractivity contribution is 0.0639. The number of pyridine rings is 2. The smallest absolute Gasteiger partial charge is 0.250 e. The molecule has 0 bridgehead atoms. The second-order valence-electron chi connectivity index (χ2n) is 13.5. The summed E-state index contributed by atoms with van der Waals surface area (Å²) in [6, 6.07) is 10.1. The minimum Gasteiger partial charge on any atom is -0.496 e. The van der Waals surface area contributed by atoms with Crippen molar-refractivity contribution >= 4 is 37.3 Å². The number of benzene rings is 1. The molecule has 0 spiro atoms. The molecule has 2 atom stereocenters. The maximum absolute atomic E-state index is 14.4. The number of aromatic nitrogens is 4. The molecule has 0 radical (unpaired) electrons. The van der Waals surface area contributed by atoms with Crippen LogP contribution in [0.1, 0.15) is 79.0 Å².